The lowest BCUT2D eigenvalue weighted by molar-refractivity contribution is -0.137. The molecule has 0 saturated carbocycles. The molecule has 1 N–H and O–H groups in total. The predicted octanol–water partition coefficient (Wildman–Crippen LogP) is 3.84. The third-order valence-corrected chi connectivity index (χ3v) is 2.90. The van der Waals surface area contributed by atoms with Crippen molar-refractivity contribution in [1.82, 2.24) is 4.98 Å². The Morgan fingerprint density at radius 3 is 2.53 bits per heavy atom. The van der Waals surface area contributed by atoms with Gasteiger partial charge in [-0.3, -0.25) is 4.98 Å². The minimum Gasteiger partial charge on any atom is -0.382 e. The maximum absolute atomic E-state index is 12.6. The van der Waals surface area contributed by atoms with E-state index < -0.39 is 17.8 Å². The Labute approximate surface area is 112 Å². The number of hydrogen-bond acceptors (Lipinski definition) is 2. The summed E-state index contributed by atoms with van der Waals surface area (Å²) in [4.78, 5) is 3.88. The van der Waals surface area contributed by atoms with Crippen molar-refractivity contribution in [3.8, 4) is 0 Å². The van der Waals surface area contributed by atoms with Gasteiger partial charge in [-0.2, -0.15) is 13.2 Å². The average molecular weight is 288 g/mol. The summed E-state index contributed by atoms with van der Waals surface area (Å²) in [6, 6.07) is 7.54. The molecule has 6 heteroatoms. The van der Waals surface area contributed by atoms with Gasteiger partial charge in [0.25, 0.3) is 0 Å². The molecule has 100 valence electrons. The van der Waals surface area contributed by atoms with Crippen molar-refractivity contribution in [2.24, 2.45) is 0 Å². The number of pyridine rings is 1. The molecule has 0 bridgehead atoms. The molecule has 1 heterocycles. The van der Waals surface area contributed by atoms with Crippen LogP contribution in [0.4, 0.5) is 13.2 Å². The van der Waals surface area contributed by atoms with Crippen LogP contribution in [-0.2, 0) is 6.18 Å². The molecule has 0 amide bonds. The first kappa shape index (κ1) is 13.8. The van der Waals surface area contributed by atoms with Gasteiger partial charge in [0.15, 0.2) is 0 Å². The average Bonchev–Trinajstić information content (AvgIpc) is 2.38. The summed E-state index contributed by atoms with van der Waals surface area (Å²) in [5.74, 6) is 0. The fraction of sp³-hybridized carbons (Fsp3) is 0.154. The smallest absolute Gasteiger partial charge is 0.382 e. The van der Waals surface area contributed by atoms with E-state index in [0.29, 0.717) is 0 Å². The van der Waals surface area contributed by atoms with E-state index in [9.17, 15) is 18.3 Å². The van der Waals surface area contributed by atoms with Gasteiger partial charge in [-0.25, -0.2) is 0 Å². The van der Waals surface area contributed by atoms with Crippen molar-refractivity contribution >= 4 is 11.6 Å². The van der Waals surface area contributed by atoms with Crippen molar-refractivity contribution in [2.75, 3.05) is 0 Å². The van der Waals surface area contributed by atoms with Crippen molar-refractivity contribution in [3.63, 3.8) is 0 Å². The van der Waals surface area contributed by atoms with Crippen LogP contribution in [0, 0.1) is 0 Å². The van der Waals surface area contributed by atoms with Crippen LogP contribution in [-0.4, -0.2) is 10.1 Å². The van der Waals surface area contributed by atoms with E-state index >= 15 is 0 Å². The Balaban J connectivity index is 2.40. The van der Waals surface area contributed by atoms with E-state index in [1.165, 1.54) is 24.4 Å². The van der Waals surface area contributed by atoms with E-state index in [1.54, 1.807) is 6.07 Å². The minimum atomic E-state index is -4.45. The predicted molar refractivity (Wildman–Crippen MR) is 64.8 cm³/mol. The van der Waals surface area contributed by atoms with Gasteiger partial charge in [-0.1, -0.05) is 23.7 Å². The van der Waals surface area contributed by atoms with E-state index in [1.807, 2.05) is 0 Å². The SMILES string of the molecule is OC(c1cccc(C(F)(F)F)c1)c1ncccc1Cl. The Kier molecular flexibility index (Phi) is 3.78. The molecule has 2 rings (SSSR count). The van der Waals surface area contributed by atoms with Crippen LogP contribution in [0.5, 0.6) is 0 Å². The number of halogens is 4. The third kappa shape index (κ3) is 3.05. The number of benzene rings is 1. The lowest BCUT2D eigenvalue weighted by atomic mass is 10.0. The summed E-state index contributed by atoms with van der Waals surface area (Å²) in [5, 5.41) is 10.2. The van der Waals surface area contributed by atoms with Gasteiger partial charge in [0.1, 0.15) is 6.10 Å². The van der Waals surface area contributed by atoms with Gasteiger partial charge < -0.3 is 5.11 Å². The van der Waals surface area contributed by atoms with E-state index in [0.717, 1.165) is 12.1 Å². The van der Waals surface area contributed by atoms with Gasteiger partial charge in [0, 0.05) is 6.20 Å². The second-order valence-electron chi connectivity index (χ2n) is 3.90. The molecule has 0 aliphatic heterocycles. The molecular formula is C13H9ClF3NO. The Morgan fingerprint density at radius 1 is 1.16 bits per heavy atom. The molecular weight excluding hydrogens is 279 g/mol. The molecule has 19 heavy (non-hydrogen) atoms. The Hall–Kier alpha value is -1.59. The zero-order valence-corrected chi connectivity index (χ0v) is 10.3. The van der Waals surface area contributed by atoms with Crippen molar-refractivity contribution in [2.45, 2.75) is 12.3 Å². The number of alkyl halides is 3. The highest BCUT2D eigenvalue weighted by atomic mass is 35.5. The number of aliphatic hydroxyl groups is 1. The molecule has 2 nitrogen and oxygen atoms in total. The van der Waals surface area contributed by atoms with Crippen LogP contribution in [0.1, 0.15) is 22.9 Å². The first-order chi connectivity index (χ1) is 8.89. The molecule has 0 spiro atoms. The number of nitrogens with zero attached hydrogens (tertiary/aromatic N) is 1. The van der Waals surface area contributed by atoms with E-state index in [2.05, 4.69) is 4.98 Å². The van der Waals surface area contributed by atoms with E-state index in [-0.39, 0.29) is 16.3 Å². The molecule has 0 aliphatic rings. The molecule has 0 saturated heterocycles. The lowest BCUT2D eigenvalue weighted by Crippen LogP contribution is -2.08. The number of rotatable bonds is 2. The van der Waals surface area contributed by atoms with E-state index in [4.69, 9.17) is 11.6 Å². The highest BCUT2D eigenvalue weighted by molar-refractivity contribution is 6.31. The van der Waals surface area contributed by atoms with Crippen molar-refractivity contribution < 1.29 is 18.3 Å². The monoisotopic (exact) mass is 287 g/mol. The molecule has 0 radical (unpaired) electrons. The Bertz CT molecular complexity index is 586. The van der Waals surface area contributed by atoms with Crippen LogP contribution in [0.3, 0.4) is 0 Å². The summed E-state index contributed by atoms with van der Waals surface area (Å²) in [6.07, 6.45) is -4.34. The summed E-state index contributed by atoms with van der Waals surface area (Å²) in [6.45, 7) is 0. The Morgan fingerprint density at radius 2 is 1.89 bits per heavy atom. The first-order valence-electron chi connectivity index (χ1n) is 5.35. The number of aromatic nitrogens is 1. The maximum atomic E-state index is 12.6. The molecule has 0 fully saturated rings. The fourth-order valence-corrected chi connectivity index (χ4v) is 1.87. The fourth-order valence-electron chi connectivity index (χ4n) is 1.64. The number of hydrogen-bond donors (Lipinski definition) is 1. The second-order valence-corrected chi connectivity index (χ2v) is 4.30. The van der Waals surface area contributed by atoms with Gasteiger partial charge in [0.05, 0.1) is 16.3 Å². The van der Waals surface area contributed by atoms with Crippen LogP contribution in [0.25, 0.3) is 0 Å². The van der Waals surface area contributed by atoms with Crippen LogP contribution in [0.15, 0.2) is 42.6 Å². The highest BCUT2D eigenvalue weighted by Crippen LogP contribution is 2.32. The van der Waals surface area contributed by atoms with Gasteiger partial charge in [0.2, 0.25) is 0 Å². The van der Waals surface area contributed by atoms with Crippen LogP contribution < -0.4 is 0 Å². The topological polar surface area (TPSA) is 33.1 Å². The van der Waals surface area contributed by atoms with Crippen LogP contribution in [0.2, 0.25) is 5.02 Å². The highest BCUT2D eigenvalue weighted by Gasteiger charge is 2.31. The zero-order valence-electron chi connectivity index (χ0n) is 9.53. The molecule has 1 unspecified atom stereocenters. The van der Waals surface area contributed by atoms with Crippen molar-refractivity contribution in [3.05, 3.63) is 64.4 Å². The third-order valence-electron chi connectivity index (χ3n) is 2.58. The first-order valence-corrected chi connectivity index (χ1v) is 5.73. The summed E-state index contributed by atoms with van der Waals surface area (Å²) >= 11 is 5.85. The summed E-state index contributed by atoms with van der Waals surface area (Å²) in [7, 11) is 0. The standard InChI is InChI=1S/C13H9ClF3NO/c14-10-5-2-6-18-11(10)12(19)8-3-1-4-9(7-8)13(15,16)17/h1-7,12,19H. The van der Waals surface area contributed by atoms with Gasteiger partial charge >= 0.3 is 6.18 Å². The second kappa shape index (κ2) is 5.19. The molecule has 0 aliphatic carbocycles. The summed E-state index contributed by atoms with van der Waals surface area (Å²) < 4.78 is 37.8. The molecule has 1 aromatic carbocycles. The zero-order chi connectivity index (χ0) is 14.0. The number of aliphatic hydroxyl groups excluding tert-OH is 1. The quantitative estimate of drug-likeness (QED) is 0.910. The maximum Gasteiger partial charge on any atom is 0.416 e. The molecule has 1 aromatic heterocycles. The normalized spacial score (nSPS) is 13.3. The van der Waals surface area contributed by atoms with Crippen molar-refractivity contribution in [1.29, 1.82) is 0 Å². The molecule has 1 atom stereocenters. The minimum absolute atomic E-state index is 0.0930. The molecule has 2 aromatic rings. The lowest BCUT2D eigenvalue weighted by Gasteiger charge is -2.14. The van der Waals surface area contributed by atoms with Gasteiger partial charge in [-0.05, 0) is 29.8 Å². The van der Waals surface area contributed by atoms with Crippen LogP contribution >= 0.6 is 11.6 Å². The summed E-state index contributed by atoms with van der Waals surface area (Å²) in [5.41, 5.74) is -0.602. The largest absolute Gasteiger partial charge is 0.416 e. The van der Waals surface area contributed by atoms with Gasteiger partial charge in [-0.15, -0.1) is 0 Å².